The Kier molecular flexibility index (Phi) is 12.8. The lowest BCUT2D eigenvalue weighted by molar-refractivity contribution is -0.129. The van der Waals surface area contributed by atoms with Crippen molar-refractivity contribution >= 4 is 40.0 Å². The van der Waals surface area contributed by atoms with Gasteiger partial charge in [-0.1, -0.05) is 35.7 Å². The topological polar surface area (TPSA) is 161 Å². The van der Waals surface area contributed by atoms with Crippen LogP contribution in [-0.2, 0) is 27.2 Å². The molecule has 1 saturated carbocycles. The van der Waals surface area contributed by atoms with E-state index in [2.05, 4.69) is 61.2 Å². The number of ether oxygens (including phenoxy) is 3. The fourth-order valence-corrected chi connectivity index (χ4v) is 9.41. The number of hydrogen-bond acceptors (Lipinski definition) is 11. The van der Waals surface area contributed by atoms with Gasteiger partial charge < -0.3 is 29.3 Å². The first-order valence-electron chi connectivity index (χ1n) is 22.0. The van der Waals surface area contributed by atoms with Crippen molar-refractivity contribution in [1.82, 2.24) is 35.2 Å². The average molecular weight is 868 g/mol. The lowest BCUT2D eigenvalue weighted by Gasteiger charge is -2.32. The summed E-state index contributed by atoms with van der Waals surface area (Å²) in [5.41, 5.74) is 5.67. The van der Waals surface area contributed by atoms with E-state index in [1.165, 1.54) is 5.69 Å². The second-order valence-corrected chi connectivity index (χ2v) is 17.2. The number of carbonyl (C=O) groups is 2. The molecule has 324 valence electrons. The first-order valence-corrected chi connectivity index (χ1v) is 22.4. The molecule has 2 aromatic carbocycles. The summed E-state index contributed by atoms with van der Waals surface area (Å²) in [7, 11) is 0. The van der Waals surface area contributed by atoms with E-state index in [0.29, 0.717) is 47.4 Å². The highest BCUT2D eigenvalue weighted by Gasteiger charge is 2.31. The summed E-state index contributed by atoms with van der Waals surface area (Å²) >= 11 is 6.16. The van der Waals surface area contributed by atoms with Gasteiger partial charge >= 0.3 is 0 Å². The van der Waals surface area contributed by atoms with Gasteiger partial charge in [-0.3, -0.25) is 14.3 Å². The molecule has 14 nitrogen and oxygen atoms in total. The molecule has 2 amide bonds. The third-order valence-electron chi connectivity index (χ3n) is 12.7. The molecule has 3 fully saturated rings. The van der Waals surface area contributed by atoms with Crippen LogP contribution in [0.1, 0.15) is 97.3 Å². The molecule has 6 heterocycles. The molecule has 4 aliphatic rings. The minimum Gasteiger partial charge on any atom is -0.490 e. The van der Waals surface area contributed by atoms with Crippen LogP contribution in [0.25, 0.3) is 22.0 Å². The van der Waals surface area contributed by atoms with Crippen molar-refractivity contribution in [2.75, 3.05) is 44.4 Å². The van der Waals surface area contributed by atoms with Crippen molar-refractivity contribution in [3.8, 4) is 34.9 Å². The Hall–Kier alpha value is -6.06. The minimum absolute atomic E-state index is 0.0209. The largest absolute Gasteiger partial charge is 0.490 e. The number of hydrogen-bond donors (Lipinski definition) is 1. The van der Waals surface area contributed by atoms with Gasteiger partial charge in [-0.2, -0.15) is 10.4 Å². The zero-order valence-corrected chi connectivity index (χ0v) is 36.1. The molecule has 1 N–H and O–H groups in total. The molecule has 1 aliphatic carbocycles. The number of benzene rings is 2. The number of carbonyl (C=O) groups excluding carboxylic acids is 2. The second kappa shape index (κ2) is 19.1. The van der Waals surface area contributed by atoms with E-state index in [4.69, 9.17) is 41.2 Å². The van der Waals surface area contributed by atoms with Gasteiger partial charge in [-0.25, -0.2) is 4.98 Å². The van der Waals surface area contributed by atoms with Crippen molar-refractivity contribution in [3.63, 3.8) is 0 Å². The number of aromatic nitrogens is 5. The molecule has 0 spiro atoms. The quantitative estimate of drug-likeness (QED) is 0.155. The van der Waals surface area contributed by atoms with Crippen LogP contribution in [0.2, 0.25) is 5.02 Å². The summed E-state index contributed by atoms with van der Waals surface area (Å²) in [4.78, 5) is 34.3. The fraction of sp³-hybridized carbons (Fsp3) is 0.438. The van der Waals surface area contributed by atoms with Gasteiger partial charge in [0, 0.05) is 93.2 Å². The third kappa shape index (κ3) is 9.64. The molecule has 63 heavy (non-hydrogen) atoms. The normalized spacial score (nSPS) is 19.4. The molecule has 0 atom stereocenters. The lowest BCUT2D eigenvalue weighted by atomic mass is 9.93. The molecule has 5 aromatic rings. The molecule has 3 aromatic heterocycles. The highest BCUT2D eigenvalue weighted by atomic mass is 35.5. The first-order chi connectivity index (χ1) is 30.8. The molecule has 0 radical (unpaired) electrons. The summed E-state index contributed by atoms with van der Waals surface area (Å²) < 4.78 is 20.1. The Labute approximate surface area is 371 Å². The maximum Gasteiger partial charge on any atom is 0.272 e. The smallest absolute Gasteiger partial charge is 0.272 e. The molecule has 2 saturated heterocycles. The summed E-state index contributed by atoms with van der Waals surface area (Å²) in [5.74, 6) is 7.60. The van der Waals surface area contributed by atoms with Crippen LogP contribution in [0.4, 0.5) is 5.82 Å². The number of nitrogens with zero attached hydrogens (tertiary/aromatic N) is 8. The van der Waals surface area contributed by atoms with E-state index in [9.17, 15) is 9.59 Å². The van der Waals surface area contributed by atoms with Crippen LogP contribution < -0.4 is 15.0 Å². The highest BCUT2D eigenvalue weighted by Crippen LogP contribution is 2.37. The Morgan fingerprint density at radius 2 is 1.78 bits per heavy atom. The Morgan fingerprint density at radius 3 is 2.52 bits per heavy atom. The Balaban J connectivity index is 0.747. The number of fused-ring (bicyclic) bond motifs is 2. The van der Waals surface area contributed by atoms with Gasteiger partial charge in [0.1, 0.15) is 24.1 Å². The number of halogens is 1. The van der Waals surface area contributed by atoms with E-state index in [-0.39, 0.29) is 36.1 Å². The monoisotopic (exact) mass is 867 g/mol. The summed E-state index contributed by atoms with van der Waals surface area (Å²) in [6.07, 6.45) is 9.44. The number of pyridine rings is 1. The van der Waals surface area contributed by atoms with Crippen LogP contribution in [-0.4, -0.2) is 99.4 Å². The number of nitriles is 1. The van der Waals surface area contributed by atoms with Gasteiger partial charge in [-0.15, -0.1) is 10.2 Å². The van der Waals surface area contributed by atoms with Crippen molar-refractivity contribution < 1.29 is 23.8 Å². The second-order valence-electron chi connectivity index (χ2n) is 16.7. The van der Waals surface area contributed by atoms with Crippen LogP contribution in [0, 0.1) is 23.2 Å². The van der Waals surface area contributed by atoms with Crippen molar-refractivity contribution in [3.05, 3.63) is 94.0 Å². The molecular formula is C48H50ClN9O5. The van der Waals surface area contributed by atoms with Gasteiger partial charge in [0.15, 0.2) is 11.5 Å². The average Bonchev–Trinajstić information content (AvgIpc) is 3.70. The van der Waals surface area contributed by atoms with E-state index < -0.39 is 0 Å². The standard InChI is InChI=1S/C48H50ClN9O5/c1-31(59)57-22-17-45-42(30-57)47(55-58(45)36-18-24-61-25-19-36)40-6-2-4-32-26-35(51-29-41(32)40)5-3-23-62-37-15-20-56(21-16-37)46-14-13-44(53-54-46)48(60)52-34-8-11-38(12-9-34)63-39-10-7-33(28-50)43(49)27-39/h2,4,6-7,10,13-14,26-27,29,34,36-38H,8-9,11-12,15-25,30H2,1H3,(H,52,60). The van der Waals surface area contributed by atoms with Crippen LogP contribution in [0.15, 0.2) is 60.8 Å². The predicted molar refractivity (Wildman–Crippen MR) is 237 cm³/mol. The molecule has 9 rings (SSSR count). The third-order valence-corrected chi connectivity index (χ3v) is 13.0. The van der Waals surface area contributed by atoms with Gasteiger partial charge in [-0.05, 0) is 93.0 Å². The minimum atomic E-state index is -0.232. The van der Waals surface area contributed by atoms with Gasteiger partial charge in [0.25, 0.3) is 5.91 Å². The van der Waals surface area contributed by atoms with Crippen LogP contribution in [0.3, 0.4) is 0 Å². The number of nitrogens with one attached hydrogen (secondary N) is 1. The Morgan fingerprint density at radius 1 is 0.952 bits per heavy atom. The molecule has 0 unspecified atom stereocenters. The maximum absolute atomic E-state index is 13.0. The zero-order valence-electron chi connectivity index (χ0n) is 35.4. The van der Waals surface area contributed by atoms with E-state index >= 15 is 0 Å². The summed E-state index contributed by atoms with van der Waals surface area (Å²) in [5, 5.41) is 28.5. The van der Waals surface area contributed by atoms with Crippen LogP contribution >= 0.6 is 11.6 Å². The maximum atomic E-state index is 13.0. The molecule has 0 bridgehead atoms. The molecule has 3 aliphatic heterocycles. The van der Waals surface area contributed by atoms with Crippen molar-refractivity contribution in [2.24, 2.45) is 0 Å². The zero-order chi connectivity index (χ0) is 43.3. The van der Waals surface area contributed by atoms with Crippen molar-refractivity contribution in [2.45, 2.75) is 95.5 Å². The van der Waals surface area contributed by atoms with Gasteiger partial charge in [0.05, 0.1) is 34.5 Å². The van der Waals surface area contributed by atoms with Crippen molar-refractivity contribution in [1.29, 1.82) is 5.26 Å². The number of piperidine rings is 1. The molecular weight excluding hydrogens is 818 g/mol. The lowest BCUT2D eigenvalue weighted by Crippen LogP contribution is -2.40. The van der Waals surface area contributed by atoms with E-state index in [0.717, 1.165) is 118 Å². The predicted octanol–water partition coefficient (Wildman–Crippen LogP) is 6.83. The summed E-state index contributed by atoms with van der Waals surface area (Å²) in [6, 6.07) is 19.3. The first kappa shape index (κ1) is 42.3. The number of rotatable bonds is 9. The number of amides is 2. The molecule has 15 heteroatoms. The van der Waals surface area contributed by atoms with E-state index in [1.807, 2.05) is 23.2 Å². The van der Waals surface area contributed by atoms with Gasteiger partial charge in [0.2, 0.25) is 5.91 Å². The fourth-order valence-electron chi connectivity index (χ4n) is 9.20. The Bertz CT molecular complexity index is 2580. The van der Waals surface area contributed by atoms with E-state index in [1.54, 1.807) is 31.2 Å². The SMILES string of the molecule is CC(=O)N1CCc2c(c(-c3cccc4cc(C#CCOC5CCN(c6ccc(C(=O)NC7CCC(Oc8ccc(C#N)c(Cl)c8)CC7)nn6)CC5)ncc34)nn2C2CCOCC2)C1. The highest BCUT2D eigenvalue weighted by molar-refractivity contribution is 6.31. The summed E-state index contributed by atoms with van der Waals surface area (Å²) in [6.45, 7) is 6.18. The van der Waals surface area contributed by atoms with Crippen LogP contribution in [0.5, 0.6) is 5.75 Å². The number of anilines is 1.